The Morgan fingerprint density at radius 1 is 1.46 bits per heavy atom. The zero-order valence-electron chi connectivity index (χ0n) is 18.8. The number of nitrogen functional groups attached to an aromatic ring is 1. The van der Waals surface area contributed by atoms with Gasteiger partial charge in [-0.1, -0.05) is 5.16 Å². The Morgan fingerprint density at radius 3 is 3.00 bits per heavy atom. The molecule has 3 aliphatic rings. The number of pyridine rings is 1. The third kappa shape index (κ3) is 4.04. The van der Waals surface area contributed by atoms with Crippen LogP contribution in [0, 0.1) is 0 Å². The fourth-order valence-electron chi connectivity index (χ4n) is 4.84. The number of rotatable bonds is 7. The number of carbonyl (C=O) groups is 3. The van der Waals surface area contributed by atoms with E-state index >= 15 is 0 Å². The van der Waals surface area contributed by atoms with Crippen LogP contribution >= 0.6 is 23.1 Å². The number of nitrogens with zero attached hydrogens (tertiary/aromatic N) is 5. The lowest BCUT2D eigenvalue weighted by Gasteiger charge is -2.52. The van der Waals surface area contributed by atoms with Gasteiger partial charge < -0.3 is 15.7 Å². The molecule has 0 saturated carbocycles. The summed E-state index contributed by atoms with van der Waals surface area (Å²) in [4.78, 5) is 50.5. The first-order chi connectivity index (χ1) is 16.9. The molecule has 4 heterocycles. The van der Waals surface area contributed by atoms with Gasteiger partial charge in [-0.05, 0) is 18.9 Å². The third-order valence-electron chi connectivity index (χ3n) is 6.32. The molecule has 1 aliphatic carbocycles. The maximum absolute atomic E-state index is 13.4. The van der Waals surface area contributed by atoms with Crippen LogP contribution < -0.4 is 15.2 Å². The molecule has 3 N–H and O–H groups in total. The van der Waals surface area contributed by atoms with E-state index in [-0.39, 0.29) is 16.6 Å². The molecule has 0 aromatic carbocycles. The Morgan fingerprint density at radius 2 is 2.29 bits per heavy atom. The predicted molar refractivity (Wildman–Crippen MR) is 130 cm³/mol. The van der Waals surface area contributed by atoms with Crippen LogP contribution in [-0.4, -0.2) is 63.9 Å². The number of amides is 2. The van der Waals surface area contributed by atoms with Crippen molar-refractivity contribution < 1.29 is 28.9 Å². The molecule has 2 aliphatic heterocycles. The second-order valence-corrected chi connectivity index (χ2v) is 10.2. The van der Waals surface area contributed by atoms with Crippen molar-refractivity contribution in [1.82, 2.24) is 9.88 Å². The number of aromatic nitrogens is 2. The highest BCUT2D eigenvalue weighted by Gasteiger charge is 2.57. The zero-order valence-corrected chi connectivity index (χ0v) is 20.4. The Balaban J connectivity index is 1.47. The zero-order chi connectivity index (χ0) is 24.7. The number of thioether (sulfide) groups is 1. The Labute approximate surface area is 208 Å². The van der Waals surface area contributed by atoms with Crippen LogP contribution in [0.3, 0.4) is 0 Å². The molecule has 0 spiro atoms. The largest absolute Gasteiger partial charge is 0.477 e. The van der Waals surface area contributed by atoms with Gasteiger partial charge >= 0.3 is 5.97 Å². The van der Waals surface area contributed by atoms with E-state index in [4.69, 9.17) is 5.73 Å². The smallest absolute Gasteiger partial charge is 0.353 e. The number of thiazole rings is 1. The van der Waals surface area contributed by atoms with Crippen LogP contribution in [0.2, 0.25) is 0 Å². The summed E-state index contributed by atoms with van der Waals surface area (Å²) in [5, 5.41) is 15.4. The minimum absolute atomic E-state index is 0.0358. The van der Waals surface area contributed by atoms with E-state index in [1.165, 1.54) is 39.9 Å². The molecule has 2 aromatic heterocycles. The van der Waals surface area contributed by atoms with Gasteiger partial charge in [0.15, 0.2) is 23.6 Å². The van der Waals surface area contributed by atoms with E-state index in [0.717, 1.165) is 36.8 Å². The molecule has 0 radical (unpaired) electrons. The lowest BCUT2D eigenvalue weighted by atomic mass is 9.92. The minimum Gasteiger partial charge on any atom is -0.477 e. The topological polar surface area (TPSA) is 142 Å². The second kappa shape index (κ2) is 9.30. The first-order valence-electron chi connectivity index (χ1n) is 10.9. The van der Waals surface area contributed by atoms with Crippen LogP contribution in [0.4, 0.5) is 10.9 Å². The fourth-order valence-corrected chi connectivity index (χ4v) is 6.64. The molecule has 2 unspecified atom stereocenters. The van der Waals surface area contributed by atoms with Gasteiger partial charge in [-0.25, -0.2) is 9.78 Å². The Bertz CT molecular complexity index is 1270. The number of allylic oxidation sites excluding steroid dienone is 1. The van der Waals surface area contributed by atoms with Crippen LogP contribution in [0.1, 0.15) is 17.7 Å². The number of β-lactam (4-membered cyclic amide) rings is 1. The van der Waals surface area contributed by atoms with E-state index < -0.39 is 29.9 Å². The average Bonchev–Trinajstić information content (AvgIpc) is 3.49. The normalized spacial score (nSPS) is 21.1. The quantitative estimate of drug-likeness (QED) is 0.239. The lowest BCUT2D eigenvalue weighted by molar-refractivity contribution is -0.695. The molecule has 13 heteroatoms. The van der Waals surface area contributed by atoms with Gasteiger partial charge in [-0.3, -0.25) is 19.4 Å². The van der Waals surface area contributed by atoms with Crippen LogP contribution in [0.5, 0.6) is 0 Å². The van der Waals surface area contributed by atoms with E-state index in [9.17, 15) is 19.5 Å². The first-order valence-corrected chi connectivity index (χ1v) is 12.8. The van der Waals surface area contributed by atoms with Crippen LogP contribution in [-0.2, 0) is 38.6 Å². The summed E-state index contributed by atoms with van der Waals surface area (Å²) in [6, 6.07) is 2.61. The standard InChI is InChI=1S/C22H22N6O5S2/c1-33-24-8-17(29)28(16-11-35-22(23)25-16)18-14-10-34-15(19(21(31)32)27(14)20(18)30)9-26-7-3-5-12-4-2-6-13(12)26/h3,5,7-8,11,14,18H,2,4,6,9-10H2,1H3,(H2-,23,25,31,32)/p+1. The van der Waals surface area contributed by atoms with Crippen LogP contribution in [0.15, 0.2) is 39.5 Å². The highest BCUT2D eigenvalue weighted by atomic mass is 32.2. The number of hydrogen-bond donors (Lipinski definition) is 2. The van der Waals surface area contributed by atoms with Gasteiger partial charge in [0.05, 0.1) is 10.9 Å². The number of nitrogens with two attached hydrogens (primary N) is 1. The van der Waals surface area contributed by atoms with Crippen molar-refractivity contribution in [3.05, 3.63) is 45.6 Å². The number of aryl methyl sites for hydroxylation is 1. The number of oxime groups is 1. The van der Waals surface area contributed by atoms with Gasteiger partial charge in [0.25, 0.3) is 11.8 Å². The molecule has 182 valence electrons. The summed E-state index contributed by atoms with van der Waals surface area (Å²) in [6.45, 7) is 0.377. The van der Waals surface area contributed by atoms with Crippen molar-refractivity contribution >= 4 is 58.0 Å². The highest BCUT2D eigenvalue weighted by molar-refractivity contribution is 8.03. The molecule has 2 atom stereocenters. The maximum atomic E-state index is 13.4. The van der Waals surface area contributed by atoms with Gasteiger partial charge in [-0.2, -0.15) is 4.57 Å². The Kier molecular flexibility index (Phi) is 6.19. The van der Waals surface area contributed by atoms with Crippen molar-refractivity contribution in [2.45, 2.75) is 37.9 Å². The summed E-state index contributed by atoms with van der Waals surface area (Å²) < 4.78 is 2.07. The number of aliphatic carboxylic acids is 1. The summed E-state index contributed by atoms with van der Waals surface area (Å²) in [7, 11) is 1.30. The molecule has 35 heavy (non-hydrogen) atoms. The number of carbonyl (C=O) groups excluding carboxylic acids is 2. The molecular formula is C22H23N6O5S2+. The number of carboxylic acid groups (broad SMARTS) is 1. The molecule has 1 fully saturated rings. The monoisotopic (exact) mass is 515 g/mol. The molecular weight excluding hydrogens is 492 g/mol. The highest BCUT2D eigenvalue weighted by Crippen LogP contribution is 2.42. The minimum atomic E-state index is -1.17. The first kappa shape index (κ1) is 23.3. The van der Waals surface area contributed by atoms with Crippen molar-refractivity contribution in [1.29, 1.82) is 0 Å². The number of hydrogen-bond acceptors (Lipinski definition) is 9. The van der Waals surface area contributed by atoms with Crippen molar-refractivity contribution in [3.63, 3.8) is 0 Å². The number of fused-ring (bicyclic) bond motifs is 2. The number of carboxylic acids is 1. The molecule has 2 amide bonds. The molecule has 5 rings (SSSR count). The van der Waals surface area contributed by atoms with Gasteiger partial charge in [0.1, 0.15) is 30.9 Å². The molecule has 0 bridgehead atoms. The van der Waals surface area contributed by atoms with Crippen molar-refractivity contribution in [2.24, 2.45) is 5.16 Å². The average molecular weight is 516 g/mol. The molecule has 11 nitrogen and oxygen atoms in total. The fraction of sp³-hybridized carbons (Fsp3) is 0.364. The second-order valence-electron chi connectivity index (χ2n) is 8.24. The lowest BCUT2D eigenvalue weighted by Crippen LogP contribution is -2.74. The van der Waals surface area contributed by atoms with E-state index in [1.54, 1.807) is 5.38 Å². The van der Waals surface area contributed by atoms with Gasteiger partial charge in [-0.15, -0.1) is 23.1 Å². The summed E-state index contributed by atoms with van der Waals surface area (Å²) in [6.07, 6.45) is 5.93. The van der Waals surface area contributed by atoms with E-state index in [0.29, 0.717) is 17.2 Å². The summed E-state index contributed by atoms with van der Waals surface area (Å²) in [5.74, 6) is -1.62. The maximum Gasteiger partial charge on any atom is 0.353 e. The number of anilines is 2. The van der Waals surface area contributed by atoms with Gasteiger partial charge in [0, 0.05) is 29.2 Å². The van der Waals surface area contributed by atoms with E-state index in [1.807, 2.05) is 12.3 Å². The van der Waals surface area contributed by atoms with Crippen molar-refractivity contribution in [2.75, 3.05) is 23.5 Å². The molecule has 2 aromatic rings. The third-order valence-corrected chi connectivity index (χ3v) is 8.16. The van der Waals surface area contributed by atoms with Gasteiger partial charge in [0.2, 0.25) is 0 Å². The summed E-state index contributed by atoms with van der Waals surface area (Å²) in [5.41, 5.74) is 8.20. The Hall–Kier alpha value is -3.45. The van der Waals surface area contributed by atoms with Crippen LogP contribution in [0.25, 0.3) is 0 Å². The van der Waals surface area contributed by atoms with Crippen molar-refractivity contribution in [3.8, 4) is 0 Å². The molecule has 1 saturated heterocycles. The summed E-state index contributed by atoms with van der Waals surface area (Å²) >= 11 is 2.54. The predicted octanol–water partition coefficient (Wildman–Crippen LogP) is 0.789. The van der Waals surface area contributed by atoms with E-state index in [2.05, 4.69) is 25.6 Å². The SMILES string of the molecule is CON=CC(=O)N(c1csc(N)n1)C1C(=O)N2C(C(=O)O)=C(C[n+]3cccc4c3CCC4)SCC12.